The third kappa shape index (κ3) is 7.77. The minimum Gasteiger partial charge on any atom is -0.491 e. The summed E-state index contributed by atoms with van der Waals surface area (Å²) in [6.07, 6.45) is -4.51. The largest absolute Gasteiger partial charge is 0.491 e. The molecule has 0 aliphatic carbocycles. The first-order valence-electron chi connectivity index (χ1n) is 11.0. The van der Waals surface area contributed by atoms with Gasteiger partial charge in [-0.1, -0.05) is 38.1 Å². The molecule has 0 unspecified atom stereocenters. The smallest absolute Gasteiger partial charge is 0.416 e. The van der Waals surface area contributed by atoms with Crippen LogP contribution in [0, 0.1) is 5.92 Å². The van der Waals surface area contributed by atoms with E-state index in [1.807, 2.05) is 38.1 Å². The molecule has 9 heteroatoms. The van der Waals surface area contributed by atoms with Crippen molar-refractivity contribution in [2.45, 2.75) is 20.0 Å². The van der Waals surface area contributed by atoms with Gasteiger partial charge in [0.1, 0.15) is 5.75 Å². The summed E-state index contributed by atoms with van der Waals surface area (Å²) in [7, 11) is 0. The monoisotopic (exact) mass is 485 g/mol. The maximum Gasteiger partial charge on any atom is 0.416 e. The van der Waals surface area contributed by atoms with Crippen LogP contribution in [0.5, 0.6) is 5.75 Å². The SMILES string of the molecule is CC(C)COc1ccccc1NCC(=O)Nc1cccc(C(=O)Nc2cccc(C(F)(F)F)c2)c1. The van der Waals surface area contributed by atoms with Gasteiger partial charge in [0.25, 0.3) is 5.91 Å². The first-order valence-corrected chi connectivity index (χ1v) is 11.0. The van der Waals surface area contributed by atoms with Gasteiger partial charge < -0.3 is 20.7 Å². The topological polar surface area (TPSA) is 79.5 Å². The summed E-state index contributed by atoms with van der Waals surface area (Å²) >= 11 is 0. The number of hydrogen-bond donors (Lipinski definition) is 3. The number of carbonyl (C=O) groups is 2. The Hall–Kier alpha value is -4.01. The standard InChI is InChI=1S/C26H26F3N3O3/c1-17(2)16-35-23-12-4-3-11-22(23)30-15-24(33)31-20-9-5-7-18(13-20)25(34)32-21-10-6-8-19(14-21)26(27,28)29/h3-14,17,30H,15-16H2,1-2H3,(H,31,33)(H,32,34). The molecule has 0 spiro atoms. The molecule has 3 aromatic rings. The summed E-state index contributed by atoms with van der Waals surface area (Å²) in [4.78, 5) is 25.0. The van der Waals surface area contributed by atoms with Gasteiger partial charge in [0.2, 0.25) is 5.91 Å². The van der Waals surface area contributed by atoms with E-state index in [4.69, 9.17) is 4.74 Å². The zero-order valence-electron chi connectivity index (χ0n) is 19.3. The zero-order chi connectivity index (χ0) is 25.4. The Morgan fingerprint density at radius 2 is 1.57 bits per heavy atom. The Kier molecular flexibility index (Phi) is 8.35. The molecule has 0 radical (unpaired) electrons. The molecule has 6 nitrogen and oxygen atoms in total. The lowest BCUT2D eigenvalue weighted by molar-refractivity contribution is -0.137. The molecule has 0 saturated carbocycles. The highest BCUT2D eigenvalue weighted by molar-refractivity contribution is 6.05. The van der Waals surface area contributed by atoms with E-state index in [1.54, 1.807) is 12.1 Å². The predicted molar refractivity (Wildman–Crippen MR) is 130 cm³/mol. The molecule has 3 aromatic carbocycles. The number of halogens is 3. The Labute approximate surface area is 201 Å². The molecule has 2 amide bonds. The molecular formula is C26H26F3N3O3. The summed E-state index contributed by atoms with van der Waals surface area (Å²) in [5.74, 6) is 0.0422. The van der Waals surface area contributed by atoms with Crippen LogP contribution in [0.4, 0.5) is 30.2 Å². The first kappa shape index (κ1) is 25.6. The first-order chi connectivity index (χ1) is 16.6. The van der Waals surface area contributed by atoms with Crippen LogP contribution in [0.2, 0.25) is 0 Å². The maximum absolute atomic E-state index is 12.9. The van der Waals surface area contributed by atoms with E-state index in [0.29, 0.717) is 29.6 Å². The summed E-state index contributed by atoms with van der Waals surface area (Å²) in [5, 5.41) is 8.18. The van der Waals surface area contributed by atoms with Crippen LogP contribution in [0.1, 0.15) is 29.8 Å². The number of para-hydroxylation sites is 2. The molecule has 0 heterocycles. The Morgan fingerprint density at radius 1 is 0.886 bits per heavy atom. The lowest BCUT2D eigenvalue weighted by Gasteiger charge is -2.14. The molecule has 0 aliphatic heterocycles. The van der Waals surface area contributed by atoms with Crippen molar-refractivity contribution in [2.75, 3.05) is 29.1 Å². The summed E-state index contributed by atoms with van der Waals surface area (Å²) in [6.45, 7) is 4.58. The minimum atomic E-state index is -4.51. The fourth-order valence-corrected chi connectivity index (χ4v) is 3.09. The lowest BCUT2D eigenvalue weighted by Crippen LogP contribution is -2.22. The second-order valence-corrected chi connectivity index (χ2v) is 8.22. The Morgan fingerprint density at radius 3 is 2.29 bits per heavy atom. The van der Waals surface area contributed by atoms with Gasteiger partial charge >= 0.3 is 6.18 Å². The number of nitrogens with one attached hydrogen (secondary N) is 3. The van der Waals surface area contributed by atoms with Crippen LogP contribution in [-0.4, -0.2) is 25.0 Å². The Bertz CT molecular complexity index is 1180. The van der Waals surface area contributed by atoms with Crippen molar-refractivity contribution in [1.82, 2.24) is 0 Å². The summed E-state index contributed by atoms with van der Waals surface area (Å²) < 4.78 is 44.5. The number of amides is 2. The van der Waals surface area contributed by atoms with E-state index >= 15 is 0 Å². The molecule has 0 saturated heterocycles. The molecule has 0 atom stereocenters. The van der Waals surface area contributed by atoms with Crippen molar-refractivity contribution in [2.24, 2.45) is 5.92 Å². The minimum absolute atomic E-state index is 0.0156. The molecule has 184 valence electrons. The number of rotatable bonds is 9. The highest BCUT2D eigenvalue weighted by Crippen LogP contribution is 2.31. The van der Waals surface area contributed by atoms with Gasteiger partial charge in [-0.2, -0.15) is 13.2 Å². The highest BCUT2D eigenvalue weighted by Gasteiger charge is 2.30. The number of ether oxygens (including phenoxy) is 1. The number of anilines is 3. The fraction of sp³-hybridized carbons (Fsp3) is 0.231. The van der Waals surface area contributed by atoms with E-state index in [1.165, 1.54) is 24.3 Å². The average molecular weight is 486 g/mol. The van der Waals surface area contributed by atoms with Gasteiger partial charge in [-0.05, 0) is 54.4 Å². The number of alkyl halides is 3. The molecule has 0 aliphatic rings. The van der Waals surface area contributed by atoms with Gasteiger partial charge in [-0.15, -0.1) is 0 Å². The van der Waals surface area contributed by atoms with Crippen molar-refractivity contribution in [3.8, 4) is 5.75 Å². The third-order valence-electron chi connectivity index (χ3n) is 4.75. The average Bonchev–Trinajstić information content (AvgIpc) is 2.81. The van der Waals surface area contributed by atoms with Gasteiger partial charge in [0, 0.05) is 16.9 Å². The van der Waals surface area contributed by atoms with Crippen molar-refractivity contribution in [1.29, 1.82) is 0 Å². The third-order valence-corrected chi connectivity index (χ3v) is 4.75. The van der Waals surface area contributed by atoms with Crippen molar-refractivity contribution < 1.29 is 27.5 Å². The van der Waals surface area contributed by atoms with Crippen LogP contribution in [-0.2, 0) is 11.0 Å². The van der Waals surface area contributed by atoms with Crippen LogP contribution >= 0.6 is 0 Å². The van der Waals surface area contributed by atoms with Gasteiger partial charge in [-0.3, -0.25) is 9.59 Å². The van der Waals surface area contributed by atoms with Crippen molar-refractivity contribution >= 4 is 28.9 Å². The molecular weight excluding hydrogens is 459 g/mol. The summed E-state index contributed by atoms with van der Waals surface area (Å²) in [6, 6.07) is 17.8. The molecule has 0 fully saturated rings. The molecule has 0 bridgehead atoms. The number of carbonyl (C=O) groups excluding carboxylic acids is 2. The van der Waals surface area contributed by atoms with E-state index < -0.39 is 17.6 Å². The second kappa shape index (κ2) is 11.4. The van der Waals surface area contributed by atoms with Crippen molar-refractivity contribution in [3.63, 3.8) is 0 Å². The highest BCUT2D eigenvalue weighted by atomic mass is 19.4. The quantitative estimate of drug-likeness (QED) is 0.345. The Balaban J connectivity index is 1.60. The summed E-state index contributed by atoms with van der Waals surface area (Å²) in [5.41, 5.74) is 0.387. The molecule has 3 rings (SSSR count). The van der Waals surface area contributed by atoms with Crippen LogP contribution < -0.4 is 20.7 Å². The molecule has 0 aromatic heterocycles. The van der Waals surface area contributed by atoms with Gasteiger partial charge in [0.15, 0.2) is 0 Å². The van der Waals surface area contributed by atoms with Crippen LogP contribution in [0.25, 0.3) is 0 Å². The van der Waals surface area contributed by atoms with Crippen LogP contribution in [0.3, 0.4) is 0 Å². The van der Waals surface area contributed by atoms with Gasteiger partial charge in [-0.25, -0.2) is 0 Å². The van der Waals surface area contributed by atoms with Crippen molar-refractivity contribution in [3.05, 3.63) is 83.9 Å². The lowest BCUT2D eigenvalue weighted by atomic mass is 10.1. The van der Waals surface area contributed by atoms with Gasteiger partial charge in [0.05, 0.1) is 24.4 Å². The van der Waals surface area contributed by atoms with E-state index in [0.717, 1.165) is 12.1 Å². The van der Waals surface area contributed by atoms with E-state index in [9.17, 15) is 22.8 Å². The number of hydrogen-bond acceptors (Lipinski definition) is 4. The van der Waals surface area contributed by atoms with E-state index in [2.05, 4.69) is 16.0 Å². The normalized spacial score (nSPS) is 11.1. The second-order valence-electron chi connectivity index (χ2n) is 8.22. The fourth-order valence-electron chi connectivity index (χ4n) is 3.09. The van der Waals surface area contributed by atoms with Crippen LogP contribution in [0.15, 0.2) is 72.8 Å². The zero-order valence-corrected chi connectivity index (χ0v) is 19.3. The predicted octanol–water partition coefficient (Wildman–Crippen LogP) is 6.04. The molecule has 35 heavy (non-hydrogen) atoms. The number of benzene rings is 3. The maximum atomic E-state index is 12.9. The van der Waals surface area contributed by atoms with E-state index in [-0.39, 0.29) is 23.7 Å². The molecule has 3 N–H and O–H groups in total.